The summed E-state index contributed by atoms with van der Waals surface area (Å²) in [5.74, 6) is 0.559. The van der Waals surface area contributed by atoms with Gasteiger partial charge in [0, 0.05) is 26.1 Å². The first-order chi connectivity index (χ1) is 16.2. The quantitative estimate of drug-likeness (QED) is 0.358. The van der Waals surface area contributed by atoms with Gasteiger partial charge in [-0.1, -0.05) is 24.3 Å². The van der Waals surface area contributed by atoms with Crippen LogP contribution in [0.2, 0.25) is 0 Å². The van der Waals surface area contributed by atoms with Crippen LogP contribution in [-0.4, -0.2) is 65.9 Å². The highest BCUT2D eigenvalue weighted by Crippen LogP contribution is 2.15. The second kappa shape index (κ2) is 11.5. The number of fused-ring (bicyclic) bond motifs is 1. The van der Waals surface area contributed by atoms with Gasteiger partial charge in [0.2, 0.25) is 0 Å². The lowest BCUT2D eigenvalue weighted by atomic mass is 10.0. The largest absolute Gasteiger partial charge is 0.492 e. The Labute approximate surface area is 193 Å². The van der Waals surface area contributed by atoms with Crippen molar-refractivity contribution in [1.29, 1.82) is 0 Å². The molecule has 0 spiro atoms. The molecule has 1 aromatic heterocycles. The topological polar surface area (TPSA) is 84.5 Å². The number of hydrogen-bond acceptors (Lipinski definition) is 6. The first-order valence-corrected chi connectivity index (χ1v) is 11.3. The van der Waals surface area contributed by atoms with Gasteiger partial charge in [0.25, 0.3) is 0 Å². The number of benzene rings is 2. The van der Waals surface area contributed by atoms with Gasteiger partial charge in [0.1, 0.15) is 18.1 Å². The molecule has 1 fully saturated rings. The number of morpholine rings is 1. The zero-order valence-corrected chi connectivity index (χ0v) is 18.7. The number of allylic oxidation sites excluding steroid dienone is 1. The molecular formula is C26H29N3O4. The van der Waals surface area contributed by atoms with Crippen LogP contribution < -0.4 is 4.74 Å². The van der Waals surface area contributed by atoms with Crippen LogP contribution in [-0.2, 0) is 20.7 Å². The summed E-state index contributed by atoms with van der Waals surface area (Å²) in [6.07, 6.45) is 5.74. The lowest BCUT2D eigenvalue weighted by Gasteiger charge is -2.26. The summed E-state index contributed by atoms with van der Waals surface area (Å²) >= 11 is 0. The van der Waals surface area contributed by atoms with Crippen molar-refractivity contribution < 1.29 is 19.1 Å². The number of aryl methyl sites for hydroxylation is 1. The van der Waals surface area contributed by atoms with Crippen molar-refractivity contribution in [2.45, 2.75) is 19.3 Å². The van der Waals surface area contributed by atoms with Gasteiger partial charge in [-0.05, 0) is 47.9 Å². The van der Waals surface area contributed by atoms with Gasteiger partial charge in [0.05, 0.1) is 37.0 Å². The predicted octanol–water partition coefficient (Wildman–Crippen LogP) is 3.45. The number of H-pyrrole nitrogens is 1. The van der Waals surface area contributed by atoms with E-state index in [4.69, 9.17) is 9.47 Å². The summed E-state index contributed by atoms with van der Waals surface area (Å²) in [4.78, 5) is 34.0. The molecule has 1 saturated heterocycles. The number of hydrogen-bond donors (Lipinski definition) is 1. The van der Waals surface area contributed by atoms with Crippen molar-refractivity contribution in [3.63, 3.8) is 0 Å². The highest BCUT2D eigenvalue weighted by Gasteiger charge is 2.10. The van der Waals surface area contributed by atoms with Crippen LogP contribution in [0.5, 0.6) is 5.75 Å². The minimum absolute atomic E-state index is 0.0571. The van der Waals surface area contributed by atoms with Crippen LogP contribution in [0, 0.1) is 0 Å². The van der Waals surface area contributed by atoms with Crippen LogP contribution in [0.3, 0.4) is 0 Å². The fourth-order valence-electron chi connectivity index (χ4n) is 3.75. The lowest BCUT2D eigenvalue weighted by Crippen LogP contribution is -2.38. The third-order valence-corrected chi connectivity index (χ3v) is 5.67. The van der Waals surface area contributed by atoms with E-state index in [0.29, 0.717) is 19.4 Å². The molecule has 0 atom stereocenters. The van der Waals surface area contributed by atoms with E-state index in [1.54, 1.807) is 12.4 Å². The summed E-state index contributed by atoms with van der Waals surface area (Å²) in [7, 11) is 0. The molecule has 1 N–H and O–H groups in total. The third-order valence-electron chi connectivity index (χ3n) is 5.67. The molecule has 0 aliphatic carbocycles. The molecule has 7 nitrogen and oxygen atoms in total. The van der Waals surface area contributed by atoms with Crippen LogP contribution in [0.15, 0.2) is 54.9 Å². The molecule has 1 aliphatic rings. The molecule has 0 saturated carbocycles. The molecular weight excluding hydrogens is 418 g/mol. The number of nitrogens with zero attached hydrogens (tertiary/aromatic N) is 2. The zero-order chi connectivity index (χ0) is 22.9. The van der Waals surface area contributed by atoms with E-state index >= 15 is 0 Å². The Morgan fingerprint density at radius 2 is 1.94 bits per heavy atom. The Bertz CT molecular complexity index is 1100. The molecule has 0 amide bonds. The standard InChI is InChI=1S/C26H29N3O4/c30-22(18-23(31)7-2-21-5-10-25-26(17-21)28-19-27-25)6-1-20-3-8-24(9-4-20)33-16-13-29-11-14-32-15-12-29/h1,3-6,8-10,17,19H,2,7,11-16,18H2,(H,27,28)/b6-1+. The minimum Gasteiger partial charge on any atom is -0.492 e. The number of aromatic amines is 1. The summed E-state index contributed by atoms with van der Waals surface area (Å²) in [6.45, 7) is 4.98. The average molecular weight is 448 g/mol. The summed E-state index contributed by atoms with van der Waals surface area (Å²) in [5, 5.41) is 0. The Morgan fingerprint density at radius 3 is 2.76 bits per heavy atom. The van der Waals surface area contributed by atoms with E-state index in [1.165, 1.54) is 6.08 Å². The molecule has 0 radical (unpaired) electrons. The molecule has 0 bridgehead atoms. The Kier molecular flexibility index (Phi) is 8.00. The lowest BCUT2D eigenvalue weighted by molar-refractivity contribution is -0.124. The van der Waals surface area contributed by atoms with E-state index in [0.717, 1.165) is 60.8 Å². The van der Waals surface area contributed by atoms with Crippen LogP contribution >= 0.6 is 0 Å². The first kappa shape index (κ1) is 22.9. The van der Waals surface area contributed by atoms with E-state index < -0.39 is 0 Å². The minimum atomic E-state index is -0.185. The second-order valence-corrected chi connectivity index (χ2v) is 8.14. The maximum absolute atomic E-state index is 12.2. The fraction of sp³-hybridized carbons (Fsp3) is 0.346. The van der Waals surface area contributed by atoms with Crippen LogP contribution in [0.4, 0.5) is 0 Å². The number of carbonyl (C=O) groups is 2. The van der Waals surface area contributed by atoms with Crippen molar-refractivity contribution >= 4 is 28.7 Å². The highest BCUT2D eigenvalue weighted by molar-refractivity contribution is 6.06. The number of aromatic nitrogens is 2. The van der Waals surface area contributed by atoms with Gasteiger partial charge < -0.3 is 14.5 Å². The van der Waals surface area contributed by atoms with Crippen molar-refractivity contribution in [2.75, 3.05) is 39.5 Å². The van der Waals surface area contributed by atoms with E-state index in [2.05, 4.69) is 14.9 Å². The highest BCUT2D eigenvalue weighted by atomic mass is 16.5. The average Bonchev–Trinajstić information content (AvgIpc) is 3.31. The first-order valence-electron chi connectivity index (χ1n) is 11.3. The predicted molar refractivity (Wildman–Crippen MR) is 127 cm³/mol. The molecule has 2 aromatic carbocycles. The molecule has 172 valence electrons. The summed E-state index contributed by atoms with van der Waals surface area (Å²) in [6, 6.07) is 13.5. The van der Waals surface area contributed by atoms with E-state index in [1.807, 2.05) is 42.5 Å². The summed E-state index contributed by atoms with van der Waals surface area (Å²) < 4.78 is 11.1. The Hall–Kier alpha value is -3.29. The molecule has 7 heteroatoms. The number of nitrogens with one attached hydrogen (secondary N) is 1. The van der Waals surface area contributed by atoms with Crippen molar-refractivity contribution in [2.24, 2.45) is 0 Å². The number of rotatable bonds is 11. The van der Waals surface area contributed by atoms with E-state index in [-0.39, 0.29) is 18.0 Å². The number of Topliss-reactive ketones (excluding diaryl/α,β-unsaturated/α-hetero) is 1. The van der Waals surface area contributed by atoms with Gasteiger partial charge in [-0.15, -0.1) is 0 Å². The van der Waals surface area contributed by atoms with Crippen molar-refractivity contribution in [3.8, 4) is 5.75 Å². The van der Waals surface area contributed by atoms with Crippen molar-refractivity contribution in [3.05, 3.63) is 66.0 Å². The second-order valence-electron chi connectivity index (χ2n) is 8.14. The zero-order valence-electron chi connectivity index (χ0n) is 18.7. The summed E-state index contributed by atoms with van der Waals surface area (Å²) in [5.41, 5.74) is 3.80. The molecule has 3 aromatic rings. The Balaban J connectivity index is 1.17. The molecule has 4 rings (SSSR count). The third kappa shape index (κ3) is 7.10. The number of ketones is 2. The number of imidazole rings is 1. The van der Waals surface area contributed by atoms with Crippen LogP contribution in [0.25, 0.3) is 17.1 Å². The monoisotopic (exact) mass is 447 g/mol. The number of ether oxygens (including phenoxy) is 2. The molecule has 2 heterocycles. The van der Waals surface area contributed by atoms with Gasteiger partial charge >= 0.3 is 0 Å². The number of carbonyl (C=O) groups excluding carboxylic acids is 2. The fourth-order valence-corrected chi connectivity index (χ4v) is 3.75. The molecule has 0 unspecified atom stereocenters. The van der Waals surface area contributed by atoms with E-state index in [9.17, 15) is 9.59 Å². The van der Waals surface area contributed by atoms with Gasteiger partial charge in [0.15, 0.2) is 5.78 Å². The van der Waals surface area contributed by atoms with Gasteiger partial charge in [-0.3, -0.25) is 14.5 Å². The SMILES string of the molecule is O=C(/C=C/c1ccc(OCCN2CCOCC2)cc1)CC(=O)CCc1ccc2nc[nH]c2c1. The smallest absolute Gasteiger partial charge is 0.163 e. The normalized spacial score (nSPS) is 14.7. The van der Waals surface area contributed by atoms with Gasteiger partial charge in [-0.2, -0.15) is 0 Å². The van der Waals surface area contributed by atoms with Crippen LogP contribution in [0.1, 0.15) is 24.0 Å². The molecule has 33 heavy (non-hydrogen) atoms. The maximum Gasteiger partial charge on any atom is 0.163 e. The molecule has 1 aliphatic heterocycles. The Morgan fingerprint density at radius 1 is 1.12 bits per heavy atom. The van der Waals surface area contributed by atoms with Gasteiger partial charge in [-0.25, -0.2) is 4.98 Å². The van der Waals surface area contributed by atoms with Crippen molar-refractivity contribution in [1.82, 2.24) is 14.9 Å². The maximum atomic E-state index is 12.2.